The van der Waals surface area contributed by atoms with Crippen LogP contribution < -0.4 is 16.4 Å². The number of carbonyl (C=O) groups is 1. The van der Waals surface area contributed by atoms with Crippen molar-refractivity contribution in [2.45, 2.75) is 43.3 Å². The molecule has 0 aliphatic carbocycles. The van der Waals surface area contributed by atoms with Crippen LogP contribution in [0.1, 0.15) is 45.9 Å². The van der Waals surface area contributed by atoms with E-state index in [4.69, 9.17) is 15.2 Å². The SMILES string of the molecule is Cc1c(C2NCCNC2C)nn(C(=O)c2ccco2)c1SCc1ccc(CN)cc1. The highest BCUT2D eigenvalue weighted by Crippen LogP contribution is 2.32. The summed E-state index contributed by atoms with van der Waals surface area (Å²) in [5.74, 6) is 0.751. The van der Waals surface area contributed by atoms with Gasteiger partial charge in [-0.2, -0.15) is 9.78 Å². The topological polar surface area (TPSA) is 98.1 Å². The van der Waals surface area contributed by atoms with E-state index >= 15 is 0 Å². The molecule has 0 spiro atoms. The molecule has 2 aromatic heterocycles. The van der Waals surface area contributed by atoms with Crippen LogP contribution in [-0.4, -0.2) is 34.8 Å². The molecule has 4 rings (SSSR count). The first-order valence-electron chi connectivity index (χ1n) is 10.1. The van der Waals surface area contributed by atoms with Crippen LogP contribution in [0.2, 0.25) is 0 Å². The number of hydrogen-bond acceptors (Lipinski definition) is 7. The Morgan fingerprint density at radius 1 is 1.23 bits per heavy atom. The summed E-state index contributed by atoms with van der Waals surface area (Å²) in [5, 5.41) is 12.6. The van der Waals surface area contributed by atoms with Gasteiger partial charge in [-0.3, -0.25) is 4.79 Å². The summed E-state index contributed by atoms with van der Waals surface area (Å²) in [6, 6.07) is 11.9. The van der Waals surface area contributed by atoms with Gasteiger partial charge < -0.3 is 20.8 Å². The van der Waals surface area contributed by atoms with Crippen LogP contribution in [0.25, 0.3) is 0 Å². The van der Waals surface area contributed by atoms with Gasteiger partial charge in [0.15, 0.2) is 5.76 Å². The van der Waals surface area contributed by atoms with Crippen LogP contribution in [-0.2, 0) is 12.3 Å². The maximum Gasteiger partial charge on any atom is 0.314 e. The van der Waals surface area contributed by atoms with Gasteiger partial charge in [0.2, 0.25) is 0 Å². The predicted octanol–water partition coefficient (Wildman–Crippen LogP) is 2.85. The fourth-order valence-electron chi connectivity index (χ4n) is 3.68. The second-order valence-electron chi connectivity index (χ2n) is 7.49. The summed E-state index contributed by atoms with van der Waals surface area (Å²) in [5.41, 5.74) is 9.88. The summed E-state index contributed by atoms with van der Waals surface area (Å²) in [4.78, 5) is 13.1. The second kappa shape index (κ2) is 9.18. The second-order valence-corrected chi connectivity index (χ2v) is 8.46. The van der Waals surface area contributed by atoms with E-state index in [-0.39, 0.29) is 23.8 Å². The lowest BCUT2D eigenvalue weighted by atomic mass is 10.0. The molecule has 1 aliphatic heterocycles. The number of benzene rings is 1. The third kappa shape index (κ3) is 4.22. The minimum Gasteiger partial charge on any atom is -0.459 e. The molecule has 1 aliphatic rings. The van der Waals surface area contributed by atoms with Crippen molar-refractivity contribution >= 4 is 17.7 Å². The van der Waals surface area contributed by atoms with Gasteiger partial charge in [-0.25, -0.2) is 0 Å². The van der Waals surface area contributed by atoms with Crippen molar-refractivity contribution < 1.29 is 9.21 Å². The van der Waals surface area contributed by atoms with Gasteiger partial charge in [0.1, 0.15) is 5.03 Å². The lowest BCUT2D eigenvalue weighted by molar-refractivity contribution is 0.0905. The maximum atomic E-state index is 13.1. The summed E-state index contributed by atoms with van der Waals surface area (Å²) in [7, 11) is 0. The summed E-state index contributed by atoms with van der Waals surface area (Å²) in [6.07, 6.45) is 1.50. The summed E-state index contributed by atoms with van der Waals surface area (Å²) in [6.45, 7) is 6.49. The van der Waals surface area contributed by atoms with Crippen LogP contribution in [0.3, 0.4) is 0 Å². The van der Waals surface area contributed by atoms with Crippen molar-refractivity contribution in [3.63, 3.8) is 0 Å². The molecule has 2 unspecified atom stereocenters. The zero-order valence-electron chi connectivity index (χ0n) is 17.2. The molecule has 3 heterocycles. The van der Waals surface area contributed by atoms with Gasteiger partial charge in [-0.05, 0) is 37.1 Å². The number of piperazine rings is 1. The fraction of sp³-hybridized carbons (Fsp3) is 0.364. The van der Waals surface area contributed by atoms with E-state index in [9.17, 15) is 4.79 Å². The molecule has 30 heavy (non-hydrogen) atoms. The fourth-order valence-corrected chi connectivity index (χ4v) is 4.75. The van der Waals surface area contributed by atoms with E-state index in [1.54, 1.807) is 23.9 Å². The Labute approximate surface area is 180 Å². The van der Waals surface area contributed by atoms with Gasteiger partial charge in [0, 0.05) is 37.0 Å². The molecule has 3 aromatic rings. The number of carbonyl (C=O) groups excluding carboxylic acids is 1. The van der Waals surface area contributed by atoms with Crippen LogP contribution in [0.4, 0.5) is 0 Å². The number of nitrogens with zero attached hydrogens (tertiary/aromatic N) is 2. The monoisotopic (exact) mass is 425 g/mol. The molecule has 8 heteroatoms. The zero-order chi connectivity index (χ0) is 21.1. The van der Waals surface area contributed by atoms with Gasteiger partial charge in [0.05, 0.1) is 18.0 Å². The molecule has 0 radical (unpaired) electrons. The van der Waals surface area contributed by atoms with E-state index in [0.717, 1.165) is 40.7 Å². The first-order chi connectivity index (χ1) is 14.6. The molecule has 2 atom stereocenters. The highest BCUT2D eigenvalue weighted by atomic mass is 32.2. The number of thioether (sulfide) groups is 1. The van der Waals surface area contributed by atoms with E-state index in [0.29, 0.717) is 6.54 Å². The molecular formula is C22H27N5O2S. The minimum absolute atomic E-state index is 0.0487. The van der Waals surface area contributed by atoms with Crippen LogP contribution in [0, 0.1) is 6.92 Å². The van der Waals surface area contributed by atoms with Crippen LogP contribution in [0.5, 0.6) is 0 Å². The summed E-state index contributed by atoms with van der Waals surface area (Å²) >= 11 is 1.61. The molecule has 0 saturated carbocycles. The molecule has 158 valence electrons. The van der Waals surface area contributed by atoms with Crippen molar-refractivity contribution in [1.29, 1.82) is 0 Å². The van der Waals surface area contributed by atoms with E-state index in [1.165, 1.54) is 16.5 Å². The van der Waals surface area contributed by atoms with Crippen molar-refractivity contribution in [1.82, 2.24) is 20.4 Å². The Balaban J connectivity index is 1.66. The highest BCUT2D eigenvalue weighted by molar-refractivity contribution is 7.98. The lowest BCUT2D eigenvalue weighted by Crippen LogP contribution is -2.49. The molecule has 0 bridgehead atoms. The summed E-state index contributed by atoms with van der Waals surface area (Å²) < 4.78 is 6.84. The third-order valence-electron chi connectivity index (χ3n) is 5.41. The van der Waals surface area contributed by atoms with Gasteiger partial charge in [-0.15, -0.1) is 11.8 Å². The van der Waals surface area contributed by atoms with Crippen molar-refractivity contribution in [3.05, 3.63) is 70.8 Å². The van der Waals surface area contributed by atoms with Crippen molar-refractivity contribution in [2.24, 2.45) is 5.73 Å². The number of nitrogens with one attached hydrogen (secondary N) is 2. The molecule has 0 amide bonds. The number of furan rings is 1. The van der Waals surface area contributed by atoms with Gasteiger partial charge in [-0.1, -0.05) is 24.3 Å². The number of rotatable bonds is 6. The third-order valence-corrected chi connectivity index (χ3v) is 6.64. The minimum atomic E-state index is -0.258. The molecule has 4 N–H and O–H groups in total. The van der Waals surface area contributed by atoms with Crippen molar-refractivity contribution in [3.8, 4) is 0 Å². The Kier molecular flexibility index (Phi) is 6.38. The first kappa shape index (κ1) is 20.9. The smallest absolute Gasteiger partial charge is 0.314 e. The van der Waals surface area contributed by atoms with Crippen molar-refractivity contribution in [2.75, 3.05) is 13.1 Å². The zero-order valence-corrected chi connectivity index (χ0v) is 18.0. The van der Waals surface area contributed by atoms with Gasteiger partial charge >= 0.3 is 5.91 Å². The Morgan fingerprint density at radius 3 is 2.63 bits per heavy atom. The van der Waals surface area contributed by atoms with E-state index in [2.05, 4.69) is 29.7 Å². The van der Waals surface area contributed by atoms with Gasteiger partial charge in [0.25, 0.3) is 0 Å². The Hall–Kier alpha value is -2.39. The first-order valence-corrected chi connectivity index (χ1v) is 11.1. The highest BCUT2D eigenvalue weighted by Gasteiger charge is 2.30. The van der Waals surface area contributed by atoms with E-state index < -0.39 is 0 Å². The normalized spacial score (nSPS) is 19.2. The maximum absolute atomic E-state index is 13.1. The average molecular weight is 426 g/mol. The Bertz CT molecular complexity index is 997. The molecular weight excluding hydrogens is 398 g/mol. The number of nitrogens with two attached hydrogens (primary N) is 1. The van der Waals surface area contributed by atoms with Crippen LogP contribution >= 0.6 is 11.8 Å². The quantitative estimate of drug-likeness (QED) is 0.522. The molecule has 1 saturated heterocycles. The predicted molar refractivity (Wildman–Crippen MR) is 118 cm³/mol. The molecule has 1 aromatic carbocycles. The standard InChI is InChI=1S/C22H27N5O2S/c1-14-19(20-15(2)24-9-10-25-20)26-27(21(28)18-4-3-11-29-18)22(14)30-13-17-7-5-16(12-23)6-8-17/h3-8,11,15,20,24-25H,9-10,12-13,23H2,1-2H3. The van der Waals surface area contributed by atoms with Crippen LogP contribution in [0.15, 0.2) is 52.1 Å². The number of aromatic nitrogens is 2. The number of hydrogen-bond donors (Lipinski definition) is 3. The molecule has 7 nitrogen and oxygen atoms in total. The van der Waals surface area contributed by atoms with E-state index in [1.807, 2.05) is 19.1 Å². The average Bonchev–Trinajstić information content (AvgIpc) is 3.41. The molecule has 1 fully saturated rings. The largest absolute Gasteiger partial charge is 0.459 e. The lowest BCUT2D eigenvalue weighted by Gasteiger charge is -2.30. The Morgan fingerprint density at radius 2 is 1.97 bits per heavy atom.